The number of rotatable bonds is 7. The molecule has 0 saturated carbocycles. The number of carboxylic acids is 1. The van der Waals surface area contributed by atoms with Crippen molar-refractivity contribution in [3.63, 3.8) is 0 Å². The highest BCUT2D eigenvalue weighted by molar-refractivity contribution is 6.06. The fourth-order valence-electron chi connectivity index (χ4n) is 4.96. The van der Waals surface area contributed by atoms with E-state index in [2.05, 4.69) is 0 Å². The summed E-state index contributed by atoms with van der Waals surface area (Å²) >= 11 is 0. The first-order valence-corrected chi connectivity index (χ1v) is 12.6. The Bertz CT molecular complexity index is 1160. The molecule has 0 aromatic heterocycles. The number of carboxylic acid groups (broad SMARTS) is 1. The number of amides is 3. The molecule has 37 heavy (non-hydrogen) atoms. The molecular weight excluding hydrogens is 474 g/mol. The Morgan fingerprint density at radius 2 is 1.68 bits per heavy atom. The highest BCUT2D eigenvalue weighted by atomic mass is 16.6. The van der Waals surface area contributed by atoms with Crippen LogP contribution in [-0.4, -0.2) is 67.0 Å². The fourth-order valence-corrected chi connectivity index (χ4v) is 4.96. The molecule has 2 aromatic carbocycles. The van der Waals surface area contributed by atoms with E-state index in [9.17, 15) is 19.5 Å². The number of urea groups is 1. The topological polar surface area (TPSA) is 99.6 Å². The van der Waals surface area contributed by atoms with Crippen molar-refractivity contribution >= 4 is 29.5 Å². The van der Waals surface area contributed by atoms with Gasteiger partial charge in [-0.05, 0) is 69.4 Å². The lowest BCUT2D eigenvalue weighted by molar-refractivity contribution is -0.143. The lowest BCUT2D eigenvalue weighted by atomic mass is 9.86. The van der Waals surface area contributed by atoms with Crippen molar-refractivity contribution in [3.05, 3.63) is 54.1 Å². The van der Waals surface area contributed by atoms with Gasteiger partial charge in [-0.25, -0.2) is 9.59 Å². The van der Waals surface area contributed by atoms with Gasteiger partial charge in [0.05, 0.1) is 13.0 Å². The fraction of sp³-hybridized carbons (Fsp3) is 0.464. The van der Waals surface area contributed by atoms with Crippen LogP contribution >= 0.6 is 0 Å². The summed E-state index contributed by atoms with van der Waals surface area (Å²) in [7, 11) is 1.59. The maximum Gasteiger partial charge on any atom is 0.410 e. The second-order valence-corrected chi connectivity index (χ2v) is 10.6. The minimum absolute atomic E-state index is 0.135. The molecule has 2 saturated heterocycles. The summed E-state index contributed by atoms with van der Waals surface area (Å²) in [5, 5.41) is 10.0. The molecule has 3 amide bonds. The first kappa shape index (κ1) is 26.3. The number of anilines is 2. The number of ether oxygens (including phenoxy) is 2. The molecular formula is C28H35N3O6. The minimum atomic E-state index is -0.886. The SMILES string of the molecule is COc1cccc(N2CCN(c3cccc(CC(C(=O)O)[C@H]4CCN(C(=O)OC(C)(C)C)C4)c3)C2=O)c1. The van der Waals surface area contributed by atoms with E-state index in [1.807, 2.05) is 69.3 Å². The third-order valence-electron chi connectivity index (χ3n) is 6.81. The van der Waals surface area contributed by atoms with E-state index >= 15 is 0 Å². The van der Waals surface area contributed by atoms with Gasteiger partial charge in [0.1, 0.15) is 11.4 Å². The van der Waals surface area contributed by atoms with Crippen molar-refractivity contribution in [3.8, 4) is 5.75 Å². The van der Waals surface area contributed by atoms with E-state index in [1.54, 1.807) is 21.8 Å². The van der Waals surface area contributed by atoms with Gasteiger partial charge in [0.15, 0.2) is 0 Å². The van der Waals surface area contributed by atoms with Gasteiger partial charge in [-0.15, -0.1) is 0 Å². The molecule has 2 aromatic rings. The zero-order chi connectivity index (χ0) is 26.7. The number of aliphatic carboxylic acids is 1. The van der Waals surface area contributed by atoms with Crippen molar-refractivity contribution in [2.45, 2.75) is 39.2 Å². The Hall–Kier alpha value is -3.75. The van der Waals surface area contributed by atoms with Crippen LogP contribution in [0.1, 0.15) is 32.8 Å². The molecule has 2 fully saturated rings. The summed E-state index contributed by atoms with van der Waals surface area (Å²) in [5.41, 5.74) is 1.74. The van der Waals surface area contributed by atoms with Gasteiger partial charge in [0.25, 0.3) is 0 Å². The predicted molar refractivity (Wildman–Crippen MR) is 140 cm³/mol. The normalized spacial score (nSPS) is 18.8. The number of methoxy groups -OCH3 is 1. The molecule has 9 heteroatoms. The molecule has 2 aliphatic rings. The first-order valence-electron chi connectivity index (χ1n) is 12.6. The molecule has 1 N–H and O–H groups in total. The number of carbonyl (C=O) groups excluding carboxylic acids is 2. The van der Waals surface area contributed by atoms with E-state index in [-0.39, 0.29) is 11.9 Å². The lowest BCUT2D eigenvalue weighted by Gasteiger charge is -2.25. The monoisotopic (exact) mass is 509 g/mol. The number of benzene rings is 2. The summed E-state index contributed by atoms with van der Waals surface area (Å²) in [4.78, 5) is 42.9. The number of hydrogen-bond acceptors (Lipinski definition) is 5. The molecule has 2 aliphatic heterocycles. The highest BCUT2D eigenvalue weighted by Crippen LogP contribution is 2.31. The molecule has 1 unspecified atom stereocenters. The first-order chi connectivity index (χ1) is 17.6. The maximum atomic E-state index is 13.2. The molecule has 2 atom stereocenters. The van der Waals surface area contributed by atoms with Crippen molar-refractivity contribution < 1.29 is 29.0 Å². The van der Waals surface area contributed by atoms with Crippen molar-refractivity contribution in [2.24, 2.45) is 11.8 Å². The van der Waals surface area contributed by atoms with Crippen LogP contribution < -0.4 is 14.5 Å². The smallest absolute Gasteiger partial charge is 0.410 e. The Kier molecular flexibility index (Phi) is 7.61. The summed E-state index contributed by atoms with van der Waals surface area (Å²) in [6, 6.07) is 14.8. The van der Waals surface area contributed by atoms with Crippen LogP contribution in [0.2, 0.25) is 0 Å². The standard InChI is InChI=1S/C28H35N3O6/c1-28(2,3)37-27(35)29-12-11-20(18-29)24(25(32)33)16-19-7-5-8-21(15-19)30-13-14-31(26(30)34)22-9-6-10-23(17-22)36-4/h5-10,15,17,20,24H,11-14,16,18H2,1-4H3,(H,32,33)/t20-,24?/m0/s1. The van der Waals surface area contributed by atoms with Crippen LogP contribution in [0.4, 0.5) is 21.0 Å². The highest BCUT2D eigenvalue weighted by Gasteiger charge is 2.37. The Balaban J connectivity index is 1.44. The van der Waals surface area contributed by atoms with Gasteiger partial charge in [0, 0.05) is 43.6 Å². The van der Waals surface area contributed by atoms with Crippen molar-refractivity contribution in [2.75, 3.05) is 43.1 Å². The summed E-state index contributed by atoms with van der Waals surface area (Å²) < 4.78 is 10.7. The average molecular weight is 510 g/mol. The van der Waals surface area contributed by atoms with Crippen LogP contribution in [0.25, 0.3) is 0 Å². The molecule has 0 radical (unpaired) electrons. The maximum absolute atomic E-state index is 13.2. The molecule has 198 valence electrons. The van der Waals surface area contributed by atoms with Crippen LogP contribution in [0.5, 0.6) is 5.75 Å². The van der Waals surface area contributed by atoms with Crippen molar-refractivity contribution in [1.29, 1.82) is 0 Å². The number of hydrogen-bond donors (Lipinski definition) is 1. The molecule has 9 nitrogen and oxygen atoms in total. The van der Waals surface area contributed by atoms with Crippen LogP contribution in [0.3, 0.4) is 0 Å². The van der Waals surface area contributed by atoms with E-state index in [1.165, 1.54) is 0 Å². The van der Waals surface area contributed by atoms with Gasteiger partial charge in [-0.1, -0.05) is 18.2 Å². The van der Waals surface area contributed by atoms with Crippen LogP contribution in [-0.2, 0) is 16.0 Å². The quantitative estimate of drug-likeness (QED) is 0.584. The summed E-state index contributed by atoms with van der Waals surface area (Å²) in [6.45, 7) is 7.33. The number of likely N-dealkylation sites (tertiary alicyclic amines) is 1. The third kappa shape index (κ3) is 6.15. The van der Waals surface area contributed by atoms with E-state index in [0.717, 1.165) is 16.9 Å². The number of nitrogens with zero attached hydrogens (tertiary/aromatic N) is 3. The van der Waals surface area contributed by atoms with Crippen molar-refractivity contribution in [1.82, 2.24) is 4.90 Å². The molecule has 0 bridgehead atoms. The molecule has 0 spiro atoms. The largest absolute Gasteiger partial charge is 0.497 e. The van der Waals surface area contributed by atoms with E-state index < -0.39 is 23.6 Å². The summed E-state index contributed by atoms with van der Waals surface area (Å²) in [6.07, 6.45) is 0.516. The molecule has 0 aliphatic carbocycles. The van der Waals surface area contributed by atoms with Crippen LogP contribution in [0.15, 0.2) is 48.5 Å². The second kappa shape index (κ2) is 10.7. The Morgan fingerprint density at radius 1 is 1.03 bits per heavy atom. The predicted octanol–water partition coefficient (Wildman–Crippen LogP) is 4.64. The van der Waals surface area contributed by atoms with Gasteiger partial charge < -0.3 is 19.5 Å². The minimum Gasteiger partial charge on any atom is -0.497 e. The number of carbonyl (C=O) groups is 3. The second-order valence-electron chi connectivity index (χ2n) is 10.6. The zero-order valence-corrected chi connectivity index (χ0v) is 21.8. The van der Waals surface area contributed by atoms with Gasteiger partial charge in [0.2, 0.25) is 0 Å². The van der Waals surface area contributed by atoms with E-state index in [0.29, 0.717) is 44.8 Å². The molecule has 4 rings (SSSR count). The lowest BCUT2D eigenvalue weighted by Crippen LogP contribution is -2.36. The van der Waals surface area contributed by atoms with Crippen LogP contribution in [0, 0.1) is 11.8 Å². The van der Waals surface area contributed by atoms with Gasteiger partial charge in [-0.2, -0.15) is 0 Å². The zero-order valence-electron chi connectivity index (χ0n) is 21.8. The summed E-state index contributed by atoms with van der Waals surface area (Å²) in [5.74, 6) is -1.03. The average Bonchev–Trinajstić information content (AvgIpc) is 3.49. The molecule has 2 heterocycles. The Labute approximate surface area is 217 Å². The van der Waals surface area contributed by atoms with E-state index in [4.69, 9.17) is 9.47 Å². The Morgan fingerprint density at radius 3 is 2.30 bits per heavy atom. The van der Waals surface area contributed by atoms with Gasteiger partial charge >= 0.3 is 18.1 Å². The third-order valence-corrected chi connectivity index (χ3v) is 6.81. The van der Waals surface area contributed by atoms with Gasteiger partial charge in [-0.3, -0.25) is 14.6 Å².